The Labute approximate surface area is 35.4 Å². The van der Waals surface area contributed by atoms with E-state index in [4.69, 9.17) is 10.8 Å². The van der Waals surface area contributed by atoms with Gasteiger partial charge in [-0.3, -0.25) is 0 Å². The molecule has 0 rings (SSSR count). The maximum Gasteiger partial charge on any atom is 0.271 e. The Kier molecular flexibility index (Phi) is 3.14. The molecule has 3 nitrogen and oxygen atoms in total. The molecule has 0 fully saturated rings. The molecular weight excluding hydrogens is 78.1 g/mol. The van der Waals surface area contributed by atoms with Gasteiger partial charge >= 0.3 is 0 Å². The van der Waals surface area contributed by atoms with Crippen LogP contribution in [0.4, 0.5) is 0 Å². The van der Waals surface area contributed by atoms with Gasteiger partial charge in [0.15, 0.2) is 0 Å². The molecule has 30 valence electrons. The molecule has 0 amide bonds. The van der Waals surface area contributed by atoms with Crippen molar-refractivity contribution in [2.45, 2.75) is 6.42 Å². The van der Waals surface area contributed by atoms with Crippen molar-refractivity contribution < 1.29 is 4.79 Å². The molecular formula is C3H3N3. The molecule has 3 heteroatoms. The molecule has 0 spiro atoms. The smallest absolute Gasteiger partial charge is 0.271 e. The van der Waals surface area contributed by atoms with Crippen molar-refractivity contribution in [3.63, 3.8) is 0 Å². The van der Waals surface area contributed by atoms with Crippen LogP contribution in [0.3, 0.4) is 0 Å². The minimum Gasteiger partial charge on any atom is -0.362 e. The molecule has 0 aliphatic heterocycles. The SMILES string of the molecule is N#CCC=[N+]=[N-]. The van der Waals surface area contributed by atoms with Crippen LogP contribution in [0.1, 0.15) is 6.42 Å². The zero-order valence-electron chi connectivity index (χ0n) is 3.13. The van der Waals surface area contributed by atoms with E-state index in [1.54, 1.807) is 6.07 Å². The van der Waals surface area contributed by atoms with Gasteiger partial charge < -0.3 is 5.53 Å². The molecule has 0 saturated heterocycles. The van der Waals surface area contributed by atoms with Crippen molar-refractivity contribution >= 4 is 6.21 Å². The summed E-state index contributed by atoms with van der Waals surface area (Å²) in [4.78, 5) is 2.58. The zero-order valence-corrected chi connectivity index (χ0v) is 3.13. The van der Waals surface area contributed by atoms with E-state index < -0.39 is 0 Å². The Bertz CT molecular complexity index is 104. The Morgan fingerprint density at radius 3 is 2.83 bits per heavy atom. The van der Waals surface area contributed by atoms with Crippen molar-refractivity contribution in [2.75, 3.05) is 0 Å². The van der Waals surface area contributed by atoms with Gasteiger partial charge in [0.25, 0.3) is 6.21 Å². The molecule has 0 N–H and O–H groups in total. The lowest BCUT2D eigenvalue weighted by Gasteiger charge is -1.49. The van der Waals surface area contributed by atoms with E-state index in [9.17, 15) is 0 Å². The molecule has 0 aromatic rings. The lowest BCUT2D eigenvalue weighted by molar-refractivity contribution is 0.00189. The minimum absolute atomic E-state index is 0.177. The lowest BCUT2D eigenvalue weighted by Crippen LogP contribution is -1.65. The second-order valence-corrected chi connectivity index (χ2v) is 0.660. The summed E-state index contributed by atoms with van der Waals surface area (Å²) in [6.45, 7) is 0. The largest absolute Gasteiger partial charge is 0.362 e. The van der Waals surface area contributed by atoms with E-state index in [1.165, 1.54) is 0 Å². The Balaban J connectivity index is 3.16. The monoisotopic (exact) mass is 81.0 g/mol. The summed E-state index contributed by atoms with van der Waals surface area (Å²) < 4.78 is 0. The molecule has 0 unspecified atom stereocenters. The maximum atomic E-state index is 7.74. The van der Waals surface area contributed by atoms with Crippen molar-refractivity contribution in [1.82, 2.24) is 0 Å². The molecule has 0 aliphatic rings. The van der Waals surface area contributed by atoms with Gasteiger partial charge in [-0.2, -0.15) is 10.1 Å². The highest BCUT2D eigenvalue weighted by Crippen LogP contribution is 1.56. The Morgan fingerprint density at radius 1 is 2.00 bits per heavy atom. The van der Waals surface area contributed by atoms with Crippen molar-refractivity contribution in [2.24, 2.45) is 0 Å². The summed E-state index contributed by atoms with van der Waals surface area (Å²) in [5.74, 6) is 0. The van der Waals surface area contributed by atoms with Crippen LogP contribution in [-0.2, 0) is 0 Å². The van der Waals surface area contributed by atoms with Gasteiger partial charge in [0, 0.05) is 0 Å². The highest BCUT2D eigenvalue weighted by atomic mass is 14.8. The zero-order chi connectivity index (χ0) is 4.83. The molecule has 0 aromatic heterocycles. The van der Waals surface area contributed by atoms with Crippen LogP contribution in [-0.4, -0.2) is 11.0 Å². The third-order valence-electron chi connectivity index (χ3n) is 0.264. The van der Waals surface area contributed by atoms with Gasteiger partial charge in [0.2, 0.25) is 0 Å². The molecule has 6 heavy (non-hydrogen) atoms. The summed E-state index contributed by atoms with van der Waals surface area (Å²) >= 11 is 0. The van der Waals surface area contributed by atoms with Crippen LogP contribution in [0.2, 0.25) is 0 Å². The highest BCUT2D eigenvalue weighted by Gasteiger charge is 1.71. The van der Waals surface area contributed by atoms with Crippen LogP contribution in [0.25, 0.3) is 5.53 Å². The van der Waals surface area contributed by atoms with Crippen molar-refractivity contribution in [3.8, 4) is 6.07 Å². The van der Waals surface area contributed by atoms with Crippen LogP contribution < -0.4 is 0 Å². The van der Waals surface area contributed by atoms with Crippen molar-refractivity contribution in [1.29, 1.82) is 5.26 Å². The topological polar surface area (TPSA) is 60.2 Å². The highest BCUT2D eigenvalue weighted by molar-refractivity contribution is 5.53. The summed E-state index contributed by atoms with van der Waals surface area (Å²) in [5.41, 5.74) is 7.62. The maximum absolute atomic E-state index is 7.74. The summed E-state index contributed by atoms with van der Waals surface area (Å²) in [6, 6.07) is 1.76. The predicted octanol–water partition coefficient (Wildman–Crippen LogP) is 0.201. The summed E-state index contributed by atoms with van der Waals surface area (Å²) in [7, 11) is 0. The Hall–Kier alpha value is -1.13. The first kappa shape index (κ1) is 4.87. The average Bonchev–Trinajstić information content (AvgIpc) is 1.61. The predicted molar refractivity (Wildman–Crippen MR) is 19.9 cm³/mol. The second-order valence-electron chi connectivity index (χ2n) is 0.660. The number of nitriles is 1. The fourth-order valence-corrected chi connectivity index (χ4v) is 0.0816. The van der Waals surface area contributed by atoms with Crippen molar-refractivity contribution in [3.05, 3.63) is 5.53 Å². The van der Waals surface area contributed by atoms with Gasteiger partial charge in [-0.15, -0.1) is 0 Å². The van der Waals surface area contributed by atoms with Crippen LogP contribution >= 0.6 is 0 Å². The van der Waals surface area contributed by atoms with E-state index in [1.807, 2.05) is 0 Å². The quantitative estimate of drug-likeness (QED) is 0.252. The average molecular weight is 81.1 g/mol. The number of hydrogen-bond donors (Lipinski definition) is 0. The second kappa shape index (κ2) is 3.87. The van der Waals surface area contributed by atoms with Crippen LogP contribution in [0.15, 0.2) is 0 Å². The Morgan fingerprint density at radius 2 is 2.67 bits per heavy atom. The van der Waals surface area contributed by atoms with E-state index in [0.717, 1.165) is 6.21 Å². The lowest BCUT2D eigenvalue weighted by atomic mass is 10.5. The molecule has 0 aliphatic carbocycles. The first-order valence-electron chi connectivity index (χ1n) is 1.44. The normalized spacial score (nSPS) is 5.17. The molecule has 0 aromatic carbocycles. The van der Waals surface area contributed by atoms with Gasteiger partial charge in [-0.25, -0.2) is 0 Å². The fraction of sp³-hybridized carbons (Fsp3) is 0.333. The summed E-state index contributed by atoms with van der Waals surface area (Å²) in [5, 5.41) is 7.74. The number of rotatable bonds is 1. The minimum atomic E-state index is 0.177. The molecule has 0 radical (unpaired) electrons. The third-order valence-corrected chi connectivity index (χ3v) is 0.264. The molecule has 0 saturated carbocycles. The summed E-state index contributed by atoms with van der Waals surface area (Å²) in [6.07, 6.45) is 1.30. The standard InChI is InChI=1S/C3H3N3/c4-2-1-3-6-5/h3H,1H2. The fourth-order valence-electron chi connectivity index (χ4n) is 0.0816. The van der Waals surface area contributed by atoms with E-state index in [-0.39, 0.29) is 6.42 Å². The van der Waals surface area contributed by atoms with E-state index >= 15 is 0 Å². The molecule has 0 atom stereocenters. The van der Waals surface area contributed by atoms with Crippen LogP contribution in [0.5, 0.6) is 0 Å². The first-order valence-corrected chi connectivity index (χ1v) is 1.44. The number of hydrogen-bond acceptors (Lipinski definition) is 1. The van der Waals surface area contributed by atoms with Gasteiger partial charge in [-0.1, -0.05) is 0 Å². The van der Waals surface area contributed by atoms with Gasteiger partial charge in [0.05, 0.1) is 6.07 Å². The van der Waals surface area contributed by atoms with Crippen LogP contribution in [0, 0.1) is 11.3 Å². The van der Waals surface area contributed by atoms with E-state index in [0.29, 0.717) is 0 Å². The third kappa shape index (κ3) is 2.87. The van der Waals surface area contributed by atoms with E-state index in [2.05, 4.69) is 4.79 Å². The first-order chi connectivity index (χ1) is 2.91. The molecule has 0 bridgehead atoms. The van der Waals surface area contributed by atoms with Gasteiger partial charge in [0.1, 0.15) is 6.42 Å². The molecule has 0 heterocycles. The van der Waals surface area contributed by atoms with Gasteiger partial charge in [-0.05, 0) is 0 Å². The number of nitrogens with zero attached hydrogens (tertiary/aromatic N) is 3.